The van der Waals surface area contributed by atoms with Crippen molar-refractivity contribution in [2.45, 2.75) is 19.6 Å². The smallest absolute Gasteiger partial charge is 0.330 e. The Bertz CT molecular complexity index is 906. The number of carbonyl (C=O) groups excluding carboxylic acids is 1. The minimum Gasteiger partial charge on any atom is -0.330 e. The van der Waals surface area contributed by atoms with E-state index in [4.69, 9.17) is 0 Å². The lowest BCUT2D eigenvalue weighted by Crippen LogP contribution is -2.38. The van der Waals surface area contributed by atoms with Gasteiger partial charge in [-0.25, -0.2) is 9.67 Å². The maximum atomic E-state index is 12.6. The molecule has 2 heterocycles. The van der Waals surface area contributed by atoms with Gasteiger partial charge in [-0.05, 0) is 18.6 Å². The molecule has 136 valence electrons. The first kappa shape index (κ1) is 17.9. The molecule has 0 bridgehead atoms. The van der Waals surface area contributed by atoms with Crippen molar-refractivity contribution < 1.29 is 18.0 Å². The van der Waals surface area contributed by atoms with E-state index in [1.54, 1.807) is 10.9 Å². The normalized spacial score (nSPS) is 11.7. The molecule has 0 radical (unpaired) electrons. The molecule has 0 aliphatic heterocycles. The summed E-state index contributed by atoms with van der Waals surface area (Å²) in [5.74, 6) is -0.699. The summed E-state index contributed by atoms with van der Waals surface area (Å²) in [4.78, 5) is 17.3. The number of alkyl halides is 3. The lowest BCUT2D eigenvalue weighted by molar-refractivity contribution is -0.140. The van der Waals surface area contributed by atoms with Crippen molar-refractivity contribution in [2.75, 3.05) is 13.1 Å². The zero-order valence-electron chi connectivity index (χ0n) is 14.1. The fraction of sp³-hybridized carbons (Fsp3) is 0.278. The first-order valence-corrected chi connectivity index (χ1v) is 8.09. The van der Waals surface area contributed by atoms with Gasteiger partial charge in [0.2, 0.25) is 0 Å². The van der Waals surface area contributed by atoms with Crippen LogP contribution in [-0.4, -0.2) is 44.8 Å². The molecule has 26 heavy (non-hydrogen) atoms. The molecule has 0 aliphatic rings. The van der Waals surface area contributed by atoms with E-state index in [1.165, 1.54) is 19.2 Å². The summed E-state index contributed by atoms with van der Waals surface area (Å²) in [6, 6.07) is 11.2. The molecule has 0 N–H and O–H groups in total. The second kappa shape index (κ2) is 7.15. The molecule has 0 aliphatic carbocycles. The molecule has 8 heteroatoms. The van der Waals surface area contributed by atoms with E-state index in [1.807, 2.05) is 30.3 Å². The predicted octanol–water partition coefficient (Wildman–Crippen LogP) is 3.50. The molecule has 0 saturated carbocycles. The minimum absolute atomic E-state index is 0.0380. The molecule has 0 unspecified atom stereocenters. The van der Waals surface area contributed by atoms with Crippen molar-refractivity contribution in [1.29, 1.82) is 0 Å². The van der Waals surface area contributed by atoms with Crippen molar-refractivity contribution in [3.05, 3.63) is 59.9 Å². The Kier molecular flexibility index (Phi) is 4.92. The first-order valence-electron chi connectivity index (χ1n) is 8.09. The third-order valence-electron chi connectivity index (χ3n) is 3.94. The van der Waals surface area contributed by atoms with Crippen molar-refractivity contribution in [2.24, 2.45) is 0 Å². The van der Waals surface area contributed by atoms with E-state index in [0.29, 0.717) is 17.6 Å². The van der Waals surface area contributed by atoms with Gasteiger partial charge < -0.3 is 4.90 Å². The summed E-state index contributed by atoms with van der Waals surface area (Å²) in [5.41, 5.74) is 1.73. The average molecular weight is 362 g/mol. The Labute approximate surface area is 148 Å². The Hall–Kier alpha value is -2.90. The maximum Gasteiger partial charge on any atom is 0.406 e. The minimum atomic E-state index is -4.44. The van der Waals surface area contributed by atoms with E-state index in [2.05, 4.69) is 10.1 Å². The van der Waals surface area contributed by atoms with Crippen LogP contribution in [0.1, 0.15) is 22.8 Å². The zero-order valence-corrected chi connectivity index (χ0v) is 14.1. The van der Waals surface area contributed by atoms with Crippen LogP contribution in [0.3, 0.4) is 0 Å². The Balaban J connectivity index is 1.85. The fourth-order valence-corrected chi connectivity index (χ4v) is 2.69. The van der Waals surface area contributed by atoms with E-state index in [9.17, 15) is 18.0 Å². The maximum absolute atomic E-state index is 12.6. The number of pyridine rings is 1. The SMILES string of the molecule is CCN(CC(F)(F)F)C(=O)c1cnc2c(cnn2Cc2ccccc2)c1. The quantitative estimate of drug-likeness (QED) is 0.698. The van der Waals surface area contributed by atoms with Crippen LogP contribution in [0.4, 0.5) is 13.2 Å². The largest absolute Gasteiger partial charge is 0.406 e. The summed E-state index contributed by atoms with van der Waals surface area (Å²) in [7, 11) is 0. The standard InChI is InChI=1S/C18H17F3N4O/c1-2-24(12-18(19,20)21)17(26)15-8-14-10-23-25(16(14)22-9-15)11-13-6-4-3-5-7-13/h3-10H,2,11-12H2,1H3. The van der Waals surface area contributed by atoms with E-state index in [-0.39, 0.29) is 12.1 Å². The van der Waals surface area contributed by atoms with Crippen LogP contribution in [0.15, 0.2) is 48.8 Å². The van der Waals surface area contributed by atoms with Crippen molar-refractivity contribution >= 4 is 16.9 Å². The molecule has 1 amide bonds. The van der Waals surface area contributed by atoms with Gasteiger partial charge in [-0.2, -0.15) is 18.3 Å². The highest BCUT2D eigenvalue weighted by molar-refractivity contribution is 5.96. The molecule has 2 aromatic heterocycles. The molecule has 3 rings (SSSR count). The van der Waals surface area contributed by atoms with Crippen molar-refractivity contribution in [1.82, 2.24) is 19.7 Å². The van der Waals surface area contributed by atoms with Crippen LogP contribution < -0.4 is 0 Å². The summed E-state index contributed by atoms with van der Waals surface area (Å²) in [6.07, 6.45) is -1.58. The molecule has 0 atom stereocenters. The third kappa shape index (κ3) is 4.01. The number of fused-ring (bicyclic) bond motifs is 1. The Morgan fingerprint density at radius 1 is 1.19 bits per heavy atom. The van der Waals surface area contributed by atoms with Gasteiger partial charge in [-0.3, -0.25) is 4.79 Å². The second-order valence-corrected chi connectivity index (χ2v) is 5.86. The molecular formula is C18H17F3N4O. The van der Waals surface area contributed by atoms with Crippen molar-refractivity contribution in [3.8, 4) is 0 Å². The Morgan fingerprint density at radius 2 is 1.92 bits per heavy atom. The van der Waals surface area contributed by atoms with Gasteiger partial charge in [0.15, 0.2) is 5.65 Å². The van der Waals surface area contributed by atoms with Gasteiger partial charge in [0, 0.05) is 18.1 Å². The lowest BCUT2D eigenvalue weighted by Gasteiger charge is -2.22. The molecule has 0 saturated heterocycles. The van der Waals surface area contributed by atoms with Gasteiger partial charge in [0.05, 0.1) is 18.3 Å². The molecule has 5 nitrogen and oxygen atoms in total. The van der Waals surface area contributed by atoms with Crippen LogP contribution in [0, 0.1) is 0 Å². The molecular weight excluding hydrogens is 345 g/mol. The lowest BCUT2D eigenvalue weighted by atomic mass is 10.2. The van der Waals surface area contributed by atoms with Gasteiger partial charge in [0.25, 0.3) is 5.91 Å². The number of amides is 1. The number of aromatic nitrogens is 3. The van der Waals surface area contributed by atoms with E-state index >= 15 is 0 Å². The molecule has 0 spiro atoms. The number of rotatable bonds is 5. The highest BCUT2D eigenvalue weighted by Gasteiger charge is 2.32. The Morgan fingerprint density at radius 3 is 2.58 bits per heavy atom. The van der Waals surface area contributed by atoms with E-state index < -0.39 is 18.6 Å². The highest BCUT2D eigenvalue weighted by atomic mass is 19.4. The fourth-order valence-electron chi connectivity index (χ4n) is 2.69. The van der Waals surface area contributed by atoms with Crippen molar-refractivity contribution in [3.63, 3.8) is 0 Å². The molecule has 1 aromatic carbocycles. The van der Waals surface area contributed by atoms with Crippen LogP contribution in [0.2, 0.25) is 0 Å². The number of carbonyl (C=O) groups is 1. The topological polar surface area (TPSA) is 51.0 Å². The van der Waals surface area contributed by atoms with Crippen LogP contribution in [0.5, 0.6) is 0 Å². The second-order valence-electron chi connectivity index (χ2n) is 5.86. The summed E-state index contributed by atoms with van der Waals surface area (Å²) < 4.78 is 39.5. The zero-order chi connectivity index (χ0) is 18.7. The third-order valence-corrected chi connectivity index (χ3v) is 3.94. The van der Waals surface area contributed by atoms with Gasteiger partial charge >= 0.3 is 6.18 Å². The van der Waals surface area contributed by atoms with E-state index in [0.717, 1.165) is 10.5 Å². The summed E-state index contributed by atoms with van der Waals surface area (Å²) in [5, 5.41) is 4.87. The summed E-state index contributed by atoms with van der Waals surface area (Å²) in [6.45, 7) is 0.699. The van der Waals surface area contributed by atoms with Gasteiger partial charge in [-0.1, -0.05) is 30.3 Å². The number of nitrogens with zero attached hydrogens (tertiary/aromatic N) is 4. The molecule has 3 aromatic rings. The molecule has 0 fully saturated rings. The average Bonchev–Trinajstić information content (AvgIpc) is 3.01. The van der Waals surface area contributed by atoms with Crippen LogP contribution in [-0.2, 0) is 6.54 Å². The summed E-state index contributed by atoms with van der Waals surface area (Å²) >= 11 is 0. The van der Waals surface area contributed by atoms with Crippen LogP contribution in [0.25, 0.3) is 11.0 Å². The van der Waals surface area contributed by atoms with Gasteiger partial charge in [0.1, 0.15) is 6.54 Å². The predicted molar refractivity (Wildman–Crippen MR) is 90.7 cm³/mol. The first-order chi connectivity index (χ1) is 12.4. The highest BCUT2D eigenvalue weighted by Crippen LogP contribution is 2.20. The number of hydrogen-bond acceptors (Lipinski definition) is 3. The monoisotopic (exact) mass is 362 g/mol. The van der Waals surface area contributed by atoms with Gasteiger partial charge in [-0.15, -0.1) is 0 Å². The van der Waals surface area contributed by atoms with Crippen LogP contribution >= 0.6 is 0 Å². The number of hydrogen-bond donors (Lipinski definition) is 0. The number of benzene rings is 1. The number of halogens is 3.